The molecule has 3 N–H and O–H groups in total. The van der Waals surface area contributed by atoms with Crippen LogP contribution in [0.4, 0.5) is 11.4 Å². The Kier molecular flexibility index (Phi) is 3.86. The van der Waals surface area contributed by atoms with Gasteiger partial charge in [-0.3, -0.25) is 4.79 Å². The maximum Gasteiger partial charge on any atom is 0.330 e. The van der Waals surface area contributed by atoms with Gasteiger partial charge in [-0.2, -0.15) is 9.78 Å². The van der Waals surface area contributed by atoms with E-state index in [1.54, 1.807) is 7.05 Å². The molecule has 0 amide bonds. The topological polar surface area (TPSA) is 78.7 Å². The first-order valence-electron chi connectivity index (χ1n) is 5.59. The number of anilines is 2. The summed E-state index contributed by atoms with van der Waals surface area (Å²) in [4.78, 5) is 11.1. The largest absolute Gasteiger partial charge is 0.493 e. The van der Waals surface area contributed by atoms with Gasteiger partial charge in [-0.1, -0.05) is 11.3 Å². The highest BCUT2D eigenvalue weighted by atomic mass is 32.1. The minimum Gasteiger partial charge on any atom is -0.493 e. The molecule has 0 aliphatic carbocycles. The molecule has 0 atom stereocenters. The molecule has 0 bridgehead atoms. The lowest BCUT2D eigenvalue weighted by molar-refractivity contribution is 0.427. The second-order valence-electron chi connectivity index (χ2n) is 3.72. The number of hydrogen-bond donors (Lipinski definition) is 3. The average Bonchev–Trinajstić information content (AvgIpc) is 2.75. The summed E-state index contributed by atoms with van der Waals surface area (Å²) >= 11 is 0.900. The minimum atomic E-state index is -0.327. The van der Waals surface area contributed by atoms with Crippen molar-refractivity contribution in [3.8, 4) is 5.88 Å². The van der Waals surface area contributed by atoms with Crippen LogP contribution in [-0.2, 0) is 0 Å². The van der Waals surface area contributed by atoms with E-state index in [1.165, 1.54) is 11.6 Å². The first-order chi connectivity index (χ1) is 9.15. The molecule has 0 fully saturated rings. The van der Waals surface area contributed by atoms with E-state index in [2.05, 4.69) is 15.7 Å². The van der Waals surface area contributed by atoms with E-state index in [4.69, 9.17) is 0 Å². The molecule has 1 aromatic heterocycles. The lowest BCUT2D eigenvalue weighted by Crippen LogP contribution is -2.07. The molecule has 0 aliphatic heterocycles. The van der Waals surface area contributed by atoms with Gasteiger partial charge in [0.15, 0.2) is 0 Å². The molecular weight excluding hydrogens is 264 g/mol. The van der Waals surface area contributed by atoms with Crippen LogP contribution >= 0.6 is 11.3 Å². The maximum absolute atomic E-state index is 11.4. The number of aromatic nitrogens is 1. The third-order valence-electron chi connectivity index (χ3n) is 2.58. The lowest BCUT2D eigenvalue weighted by atomic mass is 10.1. The van der Waals surface area contributed by atoms with E-state index in [-0.39, 0.29) is 10.8 Å². The quantitative estimate of drug-likeness (QED) is 0.742. The van der Waals surface area contributed by atoms with Crippen LogP contribution in [0.2, 0.25) is 0 Å². The number of nitrogens with one attached hydrogen (secondary N) is 2. The van der Waals surface area contributed by atoms with Gasteiger partial charge in [0.25, 0.3) is 0 Å². The van der Waals surface area contributed by atoms with Crippen molar-refractivity contribution in [2.45, 2.75) is 0 Å². The summed E-state index contributed by atoms with van der Waals surface area (Å²) in [6, 6.07) is 5.70. The highest BCUT2D eigenvalue weighted by Crippen LogP contribution is 2.19. The van der Waals surface area contributed by atoms with Gasteiger partial charge in [-0.25, -0.2) is 0 Å². The zero-order valence-electron chi connectivity index (χ0n) is 10.5. The average molecular weight is 278 g/mol. The zero-order chi connectivity index (χ0) is 13.8. The van der Waals surface area contributed by atoms with E-state index in [0.29, 0.717) is 0 Å². The normalized spacial score (nSPS) is 10.8. The molecule has 19 heavy (non-hydrogen) atoms. The van der Waals surface area contributed by atoms with Crippen molar-refractivity contribution in [3.05, 3.63) is 38.8 Å². The van der Waals surface area contributed by atoms with Crippen LogP contribution < -0.4 is 15.5 Å². The SMILES string of the molecule is CNc1ccc(C=Nn2c(O)csc2=O)c(NC)c1. The number of benzene rings is 1. The standard InChI is InChI=1S/C12H14N4O2S/c1-13-9-4-3-8(10(5-9)14-2)6-15-16-11(17)7-19-12(16)18/h3-7,13-14,17H,1-2H3. The fourth-order valence-electron chi connectivity index (χ4n) is 1.56. The Hall–Kier alpha value is -2.28. The van der Waals surface area contributed by atoms with Gasteiger partial charge >= 0.3 is 4.87 Å². The summed E-state index contributed by atoms with van der Waals surface area (Å²) in [6.45, 7) is 0. The molecule has 2 aromatic rings. The first kappa shape index (κ1) is 13.2. The Bertz CT molecular complexity index is 660. The summed E-state index contributed by atoms with van der Waals surface area (Å²) in [5, 5.41) is 20.9. The summed E-state index contributed by atoms with van der Waals surface area (Å²) in [5.74, 6) is -0.163. The Morgan fingerprint density at radius 1 is 1.37 bits per heavy atom. The fraction of sp³-hybridized carbons (Fsp3) is 0.167. The van der Waals surface area contributed by atoms with Crippen LogP contribution in [0.15, 0.2) is 33.5 Å². The molecule has 6 nitrogen and oxygen atoms in total. The van der Waals surface area contributed by atoms with Gasteiger partial charge in [0.05, 0.1) is 11.6 Å². The molecule has 1 aromatic carbocycles. The van der Waals surface area contributed by atoms with Crippen molar-refractivity contribution in [2.24, 2.45) is 5.10 Å². The number of aromatic hydroxyl groups is 1. The molecule has 0 aliphatic rings. The smallest absolute Gasteiger partial charge is 0.330 e. The molecule has 0 radical (unpaired) electrons. The monoisotopic (exact) mass is 278 g/mol. The molecule has 1 heterocycles. The van der Waals surface area contributed by atoms with Crippen LogP contribution in [0.25, 0.3) is 0 Å². The van der Waals surface area contributed by atoms with E-state index >= 15 is 0 Å². The summed E-state index contributed by atoms with van der Waals surface area (Å²) in [5.41, 5.74) is 2.66. The molecule has 0 unspecified atom stereocenters. The summed E-state index contributed by atoms with van der Waals surface area (Å²) < 4.78 is 0.954. The number of hydrogen-bond acceptors (Lipinski definition) is 6. The Labute approximate surface area is 114 Å². The molecule has 100 valence electrons. The number of rotatable bonds is 4. The number of nitrogens with zero attached hydrogens (tertiary/aromatic N) is 2. The maximum atomic E-state index is 11.4. The highest BCUT2D eigenvalue weighted by Gasteiger charge is 2.03. The Morgan fingerprint density at radius 2 is 2.16 bits per heavy atom. The van der Waals surface area contributed by atoms with Crippen molar-refractivity contribution in [1.29, 1.82) is 0 Å². The highest BCUT2D eigenvalue weighted by molar-refractivity contribution is 7.07. The predicted octanol–water partition coefficient (Wildman–Crippen LogP) is 1.58. The van der Waals surface area contributed by atoms with Gasteiger partial charge in [-0.05, 0) is 18.2 Å². The zero-order valence-corrected chi connectivity index (χ0v) is 11.4. The lowest BCUT2D eigenvalue weighted by Gasteiger charge is -2.07. The number of thiazole rings is 1. The first-order valence-corrected chi connectivity index (χ1v) is 6.47. The van der Waals surface area contributed by atoms with Crippen molar-refractivity contribution < 1.29 is 5.11 Å². The molecule has 0 saturated heterocycles. The van der Waals surface area contributed by atoms with Crippen LogP contribution in [0.1, 0.15) is 5.56 Å². The van der Waals surface area contributed by atoms with Crippen molar-refractivity contribution in [2.75, 3.05) is 24.7 Å². The van der Waals surface area contributed by atoms with Crippen LogP contribution in [0.5, 0.6) is 5.88 Å². The Morgan fingerprint density at radius 3 is 2.74 bits per heavy atom. The van der Waals surface area contributed by atoms with E-state index in [0.717, 1.165) is 33.0 Å². The van der Waals surface area contributed by atoms with E-state index in [1.807, 2.05) is 25.2 Å². The molecular formula is C12H14N4O2S. The summed E-state index contributed by atoms with van der Waals surface area (Å²) in [6.07, 6.45) is 1.53. The second-order valence-corrected chi connectivity index (χ2v) is 4.54. The predicted molar refractivity (Wildman–Crippen MR) is 78.8 cm³/mol. The van der Waals surface area contributed by atoms with Gasteiger partial charge in [0.2, 0.25) is 5.88 Å². The molecule has 2 rings (SSSR count). The van der Waals surface area contributed by atoms with Gasteiger partial charge < -0.3 is 15.7 Å². The minimum absolute atomic E-state index is 0.163. The molecule has 7 heteroatoms. The van der Waals surface area contributed by atoms with Gasteiger partial charge in [0.1, 0.15) is 0 Å². The van der Waals surface area contributed by atoms with Crippen LogP contribution in [0, 0.1) is 0 Å². The third kappa shape index (κ3) is 2.76. The Balaban J connectivity index is 2.36. The third-order valence-corrected chi connectivity index (χ3v) is 3.28. The van der Waals surface area contributed by atoms with Crippen molar-refractivity contribution >= 4 is 28.9 Å². The van der Waals surface area contributed by atoms with Crippen molar-refractivity contribution in [1.82, 2.24) is 4.68 Å². The molecule has 0 saturated carbocycles. The van der Waals surface area contributed by atoms with Gasteiger partial charge in [-0.15, -0.1) is 0 Å². The van der Waals surface area contributed by atoms with Gasteiger partial charge in [0, 0.05) is 31.0 Å². The van der Waals surface area contributed by atoms with E-state index < -0.39 is 0 Å². The fourth-order valence-corrected chi connectivity index (χ4v) is 2.11. The van der Waals surface area contributed by atoms with Crippen LogP contribution in [-0.4, -0.2) is 30.1 Å². The summed E-state index contributed by atoms with van der Waals surface area (Å²) in [7, 11) is 3.64. The van der Waals surface area contributed by atoms with Crippen LogP contribution in [0.3, 0.4) is 0 Å². The molecule has 0 spiro atoms. The van der Waals surface area contributed by atoms with Crippen molar-refractivity contribution in [3.63, 3.8) is 0 Å². The second kappa shape index (κ2) is 5.57. The van der Waals surface area contributed by atoms with E-state index in [9.17, 15) is 9.90 Å².